The topological polar surface area (TPSA) is 86.3 Å². The average molecular weight is 385 g/mol. The van der Waals surface area contributed by atoms with Gasteiger partial charge in [0.25, 0.3) is 0 Å². The van der Waals surface area contributed by atoms with Crippen LogP contribution in [-0.2, 0) is 16.1 Å². The second-order valence-electron chi connectivity index (χ2n) is 5.44. The number of H-pyrrole nitrogens is 1. The van der Waals surface area contributed by atoms with Gasteiger partial charge in [0.15, 0.2) is 17.3 Å². The molecule has 0 amide bonds. The van der Waals surface area contributed by atoms with Gasteiger partial charge in [0.1, 0.15) is 6.61 Å². The molecule has 0 aliphatic rings. The zero-order valence-corrected chi connectivity index (χ0v) is 15.8. The van der Waals surface area contributed by atoms with Gasteiger partial charge in [-0.05, 0) is 17.7 Å². The summed E-state index contributed by atoms with van der Waals surface area (Å²) in [6, 6.07) is 15.4. The fraction of sp³-hybridized carbons (Fsp3) is 0.211. The van der Waals surface area contributed by atoms with Crippen molar-refractivity contribution in [2.24, 2.45) is 0 Å². The molecule has 0 unspecified atom stereocenters. The smallest absolute Gasteiger partial charge is 0.316 e. The minimum absolute atomic E-state index is 0.142. The van der Waals surface area contributed by atoms with Gasteiger partial charge in [0.2, 0.25) is 5.16 Å². The van der Waals surface area contributed by atoms with Crippen molar-refractivity contribution in [1.29, 1.82) is 0 Å². The molecule has 0 bridgehead atoms. The summed E-state index contributed by atoms with van der Waals surface area (Å²) in [6.45, 7) is 0.395. The van der Waals surface area contributed by atoms with E-state index in [9.17, 15) is 4.79 Å². The van der Waals surface area contributed by atoms with E-state index in [1.165, 1.54) is 18.9 Å². The van der Waals surface area contributed by atoms with Gasteiger partial charge in [0, 0.05) is 0 Å². The van der Waals surface area contributed by atoms with Crippen molar-refractivity contribution in [3.8, 4) is 22.9 Å². The van der Waals surface area contributed by atoms with Crippen LogP contribution in [0, 0.1) is 0 Å². The average Bonchev–Trinajstić information content (AvgIpc) is 3.19. The lowest BCUT2D eigenvalue weighted by Crippen LogP contribution is -2.03. The number of rotatable bonds is 8. The van der Waals surface area contributed by atoms with E-state index < -0.39 is 0 Å². The molecule has 0 spiro atoms. The molecule has 3 rings (SSSR count). The summed E-state index contributed by atoms with van der Waals surface area (Å²) in [5, 5.41) is 7.47. The first-order valence-corrected chi connectivity index (χ1v) is 9.16. The van der Waals surface area contributed by atoms with Gasteiger partial charge in [0.05, 0.1) is 25.5 Å². The third-order valence-corrected chi connectivity index (χ3v) is 4.51. The Labute approximate surface area is 161 Å². The second kappa shape index (κ2) is 9.09. The highest BCUT2D eigenvalue weighted by Gasteiger charge is 2.17. The first-order chi connectivity index (χ1) is 13.2. The van der Waals surface area contributed by atoms with E-state index in [0.717, 1.165) is 11.1 Å². The third kappa shape index (κ3) is 4.79. The van der Waals surface area contributed by atoms with Crippen molar-refractivity contribution in [2.45, 2.75) is 11.8 Å². The lowest BCUT2D eigenvalue weighted by atomic mass is 10.1. The highest BCUT2D eigenvalue weighted by molar-refractivity contribution is 7.99. The van der Waals surface area contributed by atoms with Crippen molar-refractivity contribution < 1.29 is 19.0 Å². The van der Waals surface area contributed by atoms with Crippen LogP contribution < -0.4 is 9.47 Å². The van der Waals surface area contributed by atoms with E-state index in [0.29, 0.717) is 29.1 Å². The van der Waals surface area contributed by atoms with Crippen molar-refractivity contribution in [3.63, 3.8) is 0 Å². The van der Waals surface area contributed by atoms with Crippen molar-refractivity contribution in [2.75, 3.05) is 20.0 Å². The van der Waals surface area contributed by atoms with Crippen LogP contribution >= 0.6 is 11.8 Å². The van der Waals surface area contributed by atoms with E-state index in [1.807, 2.05) is 48.5 Å². The zero-order valence-electron chi connectivity index (χ0n) is 15.0. The predicted octanol–water partition coefficient (Wildman–Crippen LogP) is 3.32. The van der Waals surface area contributed by atoms with Gasteiger partial charge in [-0.1, -0.05) is 48.2 Å². The van der Waals surface area contributed by atoms with Crippen LogP contribution in [0.1, 0.15) is 5.56 Å². The minimum atomic E-state index is -0.334. The molecule has 0 saturated heterocycles. The van der Waals surface area contributed by atoms with Gasteiger partial charge in [-0.25, -0.2) is 4.98 Å². The summed E-state index contributed by atoms with van der Waals surface area (Å²) >= 11 is 1.19. The molecule has 1 heterocycles. The van der Waals surface area contributed by atoms with Crippen LogP contribution in [0.4, 0.5) is 0 Å². The Kier molecular flexibility index (Phi) is 6.32. The molecule has 0 radical (unpaired) electrons. The first kappa shape index (κ1) is 18.8. The number of ether oxygens (including phenoxy) is 3. The summed E-state index contributed by atoms with van der Waals surface area (Å²) in [5.74, 6) is 1.51. The molecule has 0 aliphatic carbocycles. The largest absolute Gasteiger partial charge is 0.493 e. The maximum absolute atomic E-state index is 11.3. The molecular weight excluding hydrogens is 366 g/mol. The number of thioether (sulfide) groups is 1. The SMILES string of the molecule is COC(=O)CSc1n[nH]c(-c2cccc(OC)c2OCc2ccccc2)n1. The number of aromatic amines is 1. The van der Waals surface area contributed by atoms with Gasteiger partial charge in [-0.3, -0.25) is 9.89 Å². The van der Waals surface area contributed by atoms with E-state index in [4.69, 9.17) is 9.47 Å². The van der Waals surface area contributed by atoms with E-state index in [2.05, 4.69) is 19.9 Å². The lowest BCUT2D eigenvalue weighted by molar-refractivity contribution is -0.137. The van der Waals surface area contributed by atoms with Crippen LogP contribution in [0.2, 0.25) is 0 Å². The number of benzene rings is 2. The van der Waals surface area contributed by atoms with Gasteiger partial charge >= 0.3 is 5.97 Å². The predicted molar refractivity (Wildman–Crippen MR) is 102 cm³/mol. The third-order valence-electron chi connectivity index (χ3n) is 3.69. The molecule has 7 nitrogen and oxygen atoms in total. The summed E-state index contributed by atoms with van der Waals surface area (Å²) in [5.41, 5.74) is 1.77. The van der Waals surface area contributed by atoms with Gasteiger partial charge in [-0.2, -0.15) is 0 Å². The lowest BCUT2D eigenvalue weighted by Gasteiger charge is -2.14. The number of hydrogen-bond donors (Lipinski definition) is 1. The highest BCUT2D eigenvalue weighted by atomic mass is 32.2. The number of methoxy groups -OCH3 is 2. The summed E-state index contributed by atoms with van der Waals surface area (Å²) in [7, 11) is 2.94. The van der Waals surface area contributed by atoms with Gasteiger partial charge < -0.3 is 14.2 Å². The fourth-order valence-corrected chi connectivity index (χ4v) is 2.99. The van der Waals surface area contributed by atoms with E-state index >= 15 is 0 Å². The molecule has 3 aromatic rings. The number of para-hydroxylation sites is 1. The van der Waals surface area contributed by atoms with Crippen molar-refractivity contribution in [1.82, 2.24) is 15.2 Å². The van der Waals surface area contributed by atoms with Crippen LogP contribution in [-0.4, -0.2) is 41.1 Å². The number of carbonyl (C=O) groups excluding carboxylic acids is 1. The Morgan fingerprint density at radius 3 is 2.67 bits per heavy atom. The molecule has 2 aromatic carbocycles. The molecule has 0 saturated carbocycles. The Hall–Kier alpha value is -3.00. The summed E-state index contributed by atoms with van der Waals surface area (Å²) in [6.07, 6.45) is 0. The number of hydrogen-bond acceptors (Lipinski definition) is 7. The van der Waals surface area contributed by atoms with Crippen LogP contribution in [0.3, 0.4) is 0 Å². The molecule has 1 aromatic heterocycles. The number of esters is 1. The Morgan fingerprint density at radius 1 is 1.11 bits per heavy atom. The number of nitrogens with one attached hydrogen (secondary N) is 1. The van der Waals surface area contributed by atoms with Crippen LogP contribution in [0.5, 0.6) is 11.5 Å². The van der Waals surface area contributed by atoms with E-state index in [-0.39, 0.29) is 11.7 Å². The number of aromatic nitrogens is 3. The molecule has 140 valence electrons. The normalized spacial score (nSPS) is 10.4. The Balaban J connectivity index is 1.82. The summed E-state index contributed by atoms with van der Waals surface area (Å²) < 4.78 is 16.1. The number of carbonyl (C=O) groups is 1. The molecule has 27 heavy (non-hydrogen) atoms. The molecule has 0 aliphatic heterocycles. The molecule has 8 heteroatoms. The van der Waals surface area contributed by atoms with Crippen LogP contribution in [0.15, 0.2) is 53.7 Å². The van der Waals surface area contributed by atoms with Crippen molar-refractivity contribution in [3.05, 3.63) is 54.1 Å². The molecule has 0 atom stereocenters. The molecule has 1 N–H and O–H groups in total. The zero-order chi connectivity index (χ0) is 19.1. The van der Waals surface area contributed by atoms with Crippen LogP contribution in [0.25, 0.3) is 11.4 Å². The minimum Gasteiger partial charge on any atom is -0.493 e. The molecule has 0 fully saturated rings. The van der Waals surface area contributed by atoms with E-state index in [1.54, 1.807) is 7.11 Å². The van der Waals surface area contributed by atoms with Gasteiger partial charge in [-0.15, -0.1) is 5.10 Å². The quantitative estimate of drug-likeness (QED) is 0.470. The fourth-order valence-electron chi connectivity index (χ4n) is 2.36. The summed E-state index contributed by atoms with van der Waals surface area (Å²) in [4.78, 5) is 15.7. The first-order valence-electron chi connectivity index (χ1n) is 8.17. The monoisotopic (exact) mass is 385 g/mol. The second-order valence-corrected chi connectivity index (χ2v) is 6.39. The Bertz CT molecular complexity index is 899. The van der Waals surface area contributed by atoms with Crippen molar-refractivity contribution >= 4 is 17.7 Å². The maximum Gasteiger partial charge on any atom is 0.316 e. The Morgan fingerprint density at radius 2 is 1.93 bits per heavy atom. The highest BCUT2D eigenvalue weighted by Crippen LogP contribution is 2.37. The number of nitrogens with zero attached hydrogens (tertiary/aromatic N) is 2. The maximum atomic E-state index is 11.3. The molecular formula is C19H19N3O4S. The standard InChI is InChI=1S/C19H19N3O4S/c1-24-15-10-6-9-14(17(15)26-11-13-7-4-3-5-8-13)18-20-19(22-21-18)27-12-16(23)25-2/h3-10H,11-12H2,1-2H3,(H,20,21,22).